The van der Waals surface area contributed by atoms with Crippen molar-refractivity contribution in [2.24, 2.45) is 0 Å². The molecule has 2 amide bonds. The molecule has 11 nitrogen and oxygen atoms in total. The first kappa shape index (κ1) is 22.9. The van der Waals surface area contributed by atoms with Crippen LogP contribution in [0.4, 0.5) is 11.6 Å². The van der Waals surface area contributed by atoms with Crippen LogP contribution in [-0.4, -0.2) is 116 Å². The van der Waals surface area contributed by atoms with Crippen LogP contribution >= 0.6 is 0 Å². The van der Waals surface area contributed by atoms with Gasteiger partial charge < -0.3 is 14.7 Å². The van der Waals surface area contributed by atoms with E-state index < -0.39 is 10.0 Å². The first-order valence-corrected chi connectivity index (χ1v) is 12.8. The van der Waals surface area contributed by atoms with Crippen molar-refractivity contribution in [1.29, 1.82) is 0 Å². The molecule has 3 aliphatic heterocycles. The predicted octanol–water partition coefficient (Wildman–Crippen LogP) is -0.781. The minimum Gasteiger partial charge on any atom is -0.354 e. The fourth-order valence-corrected chi connectivity index (χ4v) is 5.69. The molecule has 3 aliphatic rings. The standard InChI is InChI=1S/C20H31N7O4S/c1-23-5-7-24(8-6-23)17-15-18(22-16-21-17)25-9-11-26(12-10-25)32(30,31)14-13-27-19(28)3-2-4-20(27)29/h15-16H,2-14H2,1H3. The third-order valence-electron chi connectivity index (χ3n) is 6.38. The van der Waals surface area contributed by atoms with Gasteiger partial charge in [-0.3, -0.25) is 14.5 Å². The normalized spacial score (nSPS) is 22.0. The van der Waals surface area contributed by atoms with Gasteiger partial charge in [-0.2, -0.15) is 4.31 Å². The van der Waals surface area contributed by atoms with Gasteiger partial charge in [0, 0.05) is 77.8 Å². The molecule has 0 N–H and O–H groups in total. The van der Waals surface area contributed by atoms with Crippen LogP contribution in [0.5, 0.6) is 0 Å². The molecule has 4 heterocycles. The molecule has 1 aromatic rings. The van der Waals surface area contributed by atoms with Crippen molar-refractivity contribution in [3.05, 3.63) is 12.4 Å². The Bertz CT molecular complexity index is 925. The van der Waals surface area contributed by atoms with E-state index in [-0.39, 0.29) is 24.1 Å². The van der Waals surface area contributed by atoms with Crippen LogP contribution in [-0.2, 0) is 19.6 Å². The van der Waals surface area contributed by atoms with Gasteiger partial charge in [0.25, 0.3) is 0 Å². The Labute approximate surface area is 189 Å². The summed E-state index contributed by atoms with van der Waals surface area (Å²) in [6.45, 7) is 5.49. The largest absolute Gasteiger partial charge is 0.354 e. The average Bonchev–Trinajstić information content (AvgIpc) is 2.79. The molecule has 0 aromatic carbocycles. The van der Waals surface area contributed by atoms with E-state index in [1.165, 1.54) is 4.31 Å². The maximum absolute atomic E-state index is 12.8. The lowest BCUT2D eigenvalue weighted by atomic mass is 10.1. The number of carbonyl (C=O) groups excluding carboxylic acids is 2. The Kier molecular flexibility index (Phi) is 6.91. The second-order valence-electron chi connectivity index (χ2n) is 8.52. The van der Waals surface area contributed by atoms with E-state index in [1.54, 1.807) is 6.33 Å². The molecule has 1 aromatic heterocycles. The fourth-order valence-electron chi connectivity index (χ4n) is 4.30. The van der Waals surface area contributed by atoms with Gasteiger partial charge in [-0.15, -0.1) is 0 Å². The molecule has 176 valence electrons. The smallest absolute Gasteiger partial charge is 0.229 e. The average molecular weight is 466 g/mol. The molecule has 12 heteroatoms. The van der Waals surface area contributed by atoms with Crippen molar-refractivity contribution in [3.63, 3.8) is 0 Å². The summed E-state index contributed by atoms with van der Waals surface area (Å²) in [4.78, 5) is 40.4. The van der Waals surface area contributed by atoms with Gasteiger partial charge in [0.1, 0.15) is 18.0 Å². The number of piperidine rings is 1. The number of imide groups is 1. The fraction of sp³-hybridized carbons (Fsp3) is 0.700. The van der Waals surface area contributed by atoms with E-state index >= 15 is 0 Å². The quantitative estimate of drug-likeness (QED) is 0.500. The molecule has 0 radical (unpaired) electrons. The summed E-state index contributed by atoms with van der Waals surface area (Å²) >= 11 is 0. The zero-order valence-electron chi connectivity index (χ0n) is 18.5. The van der Waals surface area contributed by atoms with Crippen LogP contribution in [0.15, 0.2) is 12.4 Å². The Balaban J connectivity index is 1.32. The highest BCUT2D eigenvalue weighted by Gasteiger charge is 2.31. The number of hydrogen-bond acceptors (Lipinski definition) is 9. The minimum atomic E-state index is -3.55. The SMILES string of the molecule is CN1CCN(c2cc(N3CCN(S(=O)(=O)CCN4C(=O)CCCC4=O)CC3)ncn2)CC1. The molecule has 0 bridgehead atoms. The number of rotatable bonds is 6. The number of piperazine rings is 2. The summed E-state index contributed by atoms with van der Waals surface area (Å²) in [5.74, 6) is 0.915. The molecule has 0 unspecified atom stereocenters. The van der Waals surface area contributed by atoms with Crippen molar-refractivity contribution in [2.45, 2.75) is 19.3 Å². The molecule has 0 spiro atoms. The maximum atomic E-state index is 12.8. The zero-order chi connectivity index (χ0) is 22.7. The second kappa shape index (κ2) is 9.67. The van der Waals surface area contributed by atoms with Crippen molar-refractivity contribution >= 4 is 33.5 Å². The van der Waals surface area contributed by atoms with E-state index in [0.717, 1.165) is 42.7 Å². The van der Waals surface area contributed by atoms with Gasteiger partial charge in [0.15, 0.2) is 0 Å². The number of likely N-dealkylation sites (N-methyl/N-ethyl adjacent to an activating group) is 1. The Morgan fingerprint density at radius 2 is 1.38 bits per heavy atom. The van der Waals surface area contributed by atoms with Crippen LogP contribution in [0, 0.1) is 0 Å². The summed E-state index contributed by atoms with van der Waals surface area (Å²) in [5, 5.41) is 0. The van der Waals surface area contributed by atoms with Crippen LogP contribution in [0.25, 0.3) is 0 Å². The third-order valence-corrected chi connectivity index (χ3v) is 8.23. The van der Waals surface area contributed by atoms with Crippen molar-refractivity contribution in [2.75, 3.05) is 81.5 Å². The third kappa shape index (κ3) is 5.18. The van der Waals surface area contributed by atoms with Gasteiger partial charge >= 0.3 is 0 Å². The maximum Gasteiger partial charge on any atom is 0.229 e. The van der Waals surface area contributed by atoms with E-state index in [0.29, 0.717) is 45.4 Å². The number of likely N-dealkylation sites (tertiary alicyclic amines) is 1. The number of nitrogens with zero attached hydrogens (tertiary/aromatic N) is 7. The number of carbonyl (C=O) groups is 2. The molecule has 32 heavy (non-hydrogen) atoms. The molecule has 3 saturated heterocycles. The number of anilines is 2. The first-order chi connectivity index (χ1) is 15.3. The van der Waals surface area contributed by atoms with Crippen LogP contribution in [0.3, 0.4) is 0 Å². The molecule has 0 aliphatic carbocycles. The number of aromatic nitrogens is 2. The summed E-state index contributed by atoms with van der Waals surface area (Å²) in [6.07, 6.45) is 2.72. The lowest BCUT2D eigenvalue weighted by molar-refractivity contribution is -0.147. The lowest BCUT2D eigenvalue weighted by Crippen LogP contribution is -2.51. The van der Waals surface area contributed by atoms with E-state index in [9.17, 15) is 18.0 Å². The molecule has 0 saturated carbocycles. The van der Waals surface area contributed by atoms with Crippen molar-refractivity contribution in [3.8, 4) is 0 Å². The number of hydrogen-bond donors (Lipinski definition) is 0. The molecule has 0 atom stereocenters. The highest BCUT2D eigenvalue weighted by molar-refractivity contribution is 7.89. The summed E-state index contributed by atoms with van der Waals surface area (Å²) in [6, 6.07) is 1.98. The predicted molar refractivity (Wildman–Crippen MR) is 120 cm³/mol. The summed E-state index contributed by atoms with van der Waals surface area (Å²) in [5.41, 5.74) is 0. The van der Waals surface area contributed by atoms with E-state index in [1.807, 2.05) is 6.07 Å². The van der Waals surface area contributed by atoms with E-state index in [2.05, 4.69) is 31.7 Å². The summed E-state index contributed by atoms with van der Waals surface area (Å²) in [7, 11) is -1.44. The molecule has 4 rings (SSSR count). The Hall–Kier alpha value is -2.31. The molecular weight excluding hydrogens is 434 g/mol. The van der Waals surface area contributed by atoms with Crippen LogP contribution in [0.2, 0.25) is 0 Å². The van der Waals surface area contributed by atoms with Crippen molar-refractivity contribution in [1.82, 2.24) is 24.1 Å². The van der Waals surface area contributed by atoms with Gasteiger partial charge in [-0.05, 0) is 13.5 Å². The lowest BCUT2D eigenvalue weighted by Gasteiger charge is -2.36. The monoisotopic (exact) mass is 465 g/mol. The second-order valence-corrected chi connectivity index (χ2v) is 10.6. The van der Waals surface area contributed by atoms with Gasteiger partial charge in [0.05, 0.1) is 5.75 Å². The highest BCUT2D eigenvalue weighted by Crippen LogP contribution is 2.21. The zero-order valence-corrected chi connectivity index (χ0v) is 19.3. The topological polar surface area (TPSA) is 110 Å². The summed E-state index contributed by atoms with van der Waals surface area (Å²) < 4.78 is 27.0. The number of amides is 2. The number of sulfonamides is 1. The first-order valence-electron chi connectivity index (χ1n) is 11.1. The molecular formula is C20H31N7O4S. The van der Waals surface area contributed by atoms with E-state index in [4.69, 9.17) is 0 Å². The van der Waals surface area contributed by atoms with Crippen LogP contribution < -0.4 is 9.80 Å². The van der Waals surface area contributed by atoms with Crippen molar-refractivity contribution < 1.29 is 18.0 Å². The van der Waals surface area contributed by atoms with Gasteiger partial charge in [-0.25, -0.2) is 18.4 Å². The van der Waals surface area contributed by atoms with Gasteiger partial charge in [0.2, 0.25) is 21.8 Å². The Morgan fingerprint density at radius 3 is 1.94 bits per heavy atom. The molecule has 3 fully saturated rings. The Morgan fingerprint density at radius 1 is 0.844 bits per heavy atom. The van der Waals surface area contributed by atoms with Gasteiger partial charge in [-0.1, -0.05) is 0 Å². The minimum absolute atomic E-state index is 0.0689. The van der Waals surface area contributed by atoms with Crippen LogP contribution in [0.1, 0.15) is 19.3 Å². The highest BCUT2D eigenvalue weighted by atomic mass is 32.2.